The first-order valence-electron chi connectivity index (χ1n) is 28.9. The lowest BCUT2D eigenvalue weighted by Crippen LogP contribution is -2.65. The summed E-state index contributed by atoms with van der Waals surface area (Å²) >= 11 is 0. The Kier molecular flexibility index (Phi) is 39.9. The van der Waals surface area contributed by atoms with Crippen molar-refractivity contribution in [1.29, 1.82) is 0 Å². The van der Waals surface area contributed by atoms with Gasteiger partial charge in [0.15, 0.2) is 12.6 Å². The molecule has 2 rings (SSSR count). The van der Waals surface area contributed by atoms with Crippen LogP contribution in [0.15, 0.2) is 12.2 Å². The van der Waals surface area contributed by atoms with Gasteiger partial charge in [0.05, 0.1) is 32.0 Å². The fourth-order valence-electron chi connectivity index (χ4n) is 9.76. The van der Waals surface area contributed by atoms with Crippen LogP contribution in [0.2, 0.25) is 0 Å². The maximum atomic E-state index is 13.1. The summed E-state index contributed by atoms with van der Waals surface area (Å²) in [6, 6.07) is -0.906. The highest BCUT2D eigenvalue weighted by atomic mass is 16.7. The fourth-order valence-corrected chi connectivity index (χ4v) is 9.76. The van der Waals surface area contributed by atoms with Gasteiger partial charge in [-0.25, -0.2) is 0 Å². The molecule has 0 spiro atoms. The van der Waals surface area contributed by atoms with Crippen molar-refractivity contribution in [2.24, 2.45) is 0 Å². The lowest BCUT2D eigenvalue weighted by Gasteiger charge is -2.46. The Bertz CT molecular complexity index is 1230. The van der Waals surface area contributed by atoms with E-state index < -0.39 is 86.8 Å². The zero-order valence-corrected chi connectivity index (χ0v) is 44.3. The van der Waals surface area contributed by atoms with Gasteiger partial charge >= 0.3 is 0 Å². The van der Waals surface area contributed by atoms with E-state index in [1.165, 1.54) is 173 Å². The van der Waals surface area contributed by atoms with Gasteiger partial charge in [-0.15, -0.1) is 0 Å². The average Bonchev–Trinajstić information content (AvgIpc) is 3.36. The molecule has 0 aliphatic carbocycles. The van der Waals surface area contributed by atoms with Crippen molar-refractivity contribution in [2.75, 3.05) is 19.8 Å². The molecule has 0 saturated carbocycles. The Morgan fingerprint density at radius 2 is 0.886 bits per heavy atom. The van der Waals surface area contributed by atoms with Crippen molar-refractivity contribution >= 4 is 5.91 Å². The van der Waals surface area contributed by atoms with Crippen LogP contribution in [0.4, 0.5) is 0 Å². The first-order chi connectivity index (χ1) is 34.1. The zero-order chi connectivity index (χ0) is 51.0. The van der Waals surface area contributed by atoms with Crippen LogP contribution in [0.3, 0.4) is 0 Å². The molecule has 12 atom stereocenters. The van der Waals surface area contributed by atoms with Gasteiger partial charge in [-0.2, -0.15) is 0 Å². The summed E-state index contributed by atoms with van der Waals surface area (Å²) in [5.74, 6) is -0.242. The number of aliphatic hydroxyl groups is 8. The van der Waals surface area contributed by atoms with E-state index in [4.69, 9.17) is 18.9 Å². The van der Waals surface area contributed by atoms with E-state index in [0.29, 0.717) is 6.42 Å². The van der Waals surface area contributed by atoms with Crippen molar-refractivity contribution in [3.63, 3.8) is 0 Å². The van der Waals surface area contributed by atoms with Gasteiger partial charge in [0.2, 0.25) is 5.91 Å². The maximum absolute atomic E-state index is 13.1. The number of nitrogens with one attached hydrogen (secondary N) is 1. The number of amides is 1. The molecule has 0 aromatic heterocycles. The molecule has 2 fully saturated rings. The van der Waals surface area contributed by atoms with E-state index in [9.17, 15) is 45.6 Å². The first kappa shape index (κ1) is 64.8. The van der Waals surface area contributed by atoms with E-state index in [2.05, 4.69) is 19.2 Å². The van der Waals surface area contributed by atoms with Crippen LogP contribution in [0.1, 0.15) is 245 Å². The molecule has 0 aromatic carbocycles. The molecule has 9 N–H and O–H groups in total. The van der Waals surface area contributed by atoms with Crippen LogP contribution < -0.4 is 5.32 Å². The Morgan fingerprint density at radius 3 is 1.31 bits per heavy atom. The predicted octanol–water partition coefficient (Wildman–Crippen LogP) is 9.11. The number of carbonyl (C=O) groups excluding carboxylic acids is 1. The molecule has 2 saturated heterocycles. The van der Waals surface area contributed by atoms with Crippen LogP contribution in [0, 0.1) is 0 Å². The molecule has 2 heterocycles. The lowest BCUT2D eigenvalue weighted by atomic mass is 9.97. The molecular weight excluding hydrogens is 895 g/mol. The molecule has 0 aromatic rings. The van der Waals surface area contributed by atoms with Crippen LogP contribution in [-0.4, -0.2) is 140 Å². The van der Waals surface area contributed by atoms with Gasteiger partial charge < -0.3 is 65.1 Å². The van der Waals surface area contributed by atoms with Gasteiger partial charge in [-0.3, -0.25) is 4.79 Å². The number of carbonyl (C=O) groups is 1. The third-order valence-electron chi connectivity index (χ3n) is 14.5. The minimum absolute atomic E-state index is 0.242. The van der Waals surface area contributed by atoms with Gasteiger partial charge in [0.25, 0.3) is 0 Å². The molecule has 2 aliphatic rings. The topological polar surface area (TPSA) is 228 Å². The van der Waals surface area contributed by atoms with Crippen LogP contribution in [0.5, 0.6) is 0 Å². The normalized spacial score (nSPS) is 26.0. The number of allylic oxidation sites excluding steroid dienone is 1. The van der Waals surface area contributed by atoms with Crippen LogP contribution in [-0.2, 0) is 23.7 Å². The van der Waals surface area contributed by atoms with E-state index in [1.807, 2.05) is 6.08 Å². The highest BCUT2D eigenvalue weighted by molar-refractivity contribution is 5.76. The van der Waals surface area contributed by atoms with Gasteiger partial charge in [0.1, 0.15) is 48.8 Å². The second-order valence-electron chi connectivity index (χ2n) is 20.8. The zero-order valence-electron chi connectivity index (χ0n) is 44.3. The molecular formula is C56H107NO13. The molecule has 414 valence electrons. The Morgan fingerprint density at radius 1 is 0.500 bits per heavy atom. The number of hydrogen-bond acceptors (Lipinski definition) is 13. The highest BCUT2D eigenvalue weighted by Gasteiger charge is 2.51. The number of aliphatic hydroxyl groups excluding tert-OH is 8. The molecule has 14 heteroatoms. The predicted molar refractivity (Wildman–Crippen MR) is 277 cm³/mol. The summed E-state index contributed by atoms with van der Waals surface area (Å²) in [4.78, 5) is 13.1. The van der Waals surface area contributed by atoms with E-state index in [-0.39, 0.29) is 18.9 Å². The largest absolute Gasteiger partial charge is 0.394 e. The minimum atomic E-state index is -1.78. The number of rotatable bonds is 46. The first-order valence-corrected chi connectivity index (χ1v) is 28.9. The standard InChI is InChI=1S/C56H107NO13/c1-3-5-7-9-10-11-12-13-14-15-16-17-18-19-20-21-22-23-24-25-26-27-28-29-30-31-32-33-34-36-38-40-48(61)57-44(45(60)39-37-35-8-6-4-2)43-67-55-53(66)51(64)54(47(42-59)69-55)70-56-52(65)50(63)49(62)46(41-58)68-56/h37,39,44-47,49-56,58-60,62-66H,3-36,38,40-43H2,1-2H3,(H,57,61)/b39-37+. The summed E-state index contributed by atoms with van der Waals surface area (Å²) in [5, 5.41) is 86.3. The van der Waals surface area contributed by atoms with Crippen molar-refractivity contribution in [1.82, 2.24) is 5.32 Å². The van der Waals surface area contributed by atoms with Crippen LogP contribution >= 0.6 is 0 Å². The fraction of sp³-hybridized carbons (Fsp3) is 0.946. The third-order valence-corrected chi connectivity index (χ3v) is 14.5. The quantitative estimate of drug-likeness (QED) is 0.0205. The summed E-state index contributed by atoms with van der Waals surface area (Å²) in [7, 11) is 0. The summed E-state index contributed by atoms with van der Waals surface area (Å²) in [5.41, 5.74) is 0. The third kappa shape index (κ3) is 29.0. The lowest BCUT2D eigenvalue weighted by molar-refractivity contribution is -0.359. The second kappa shape index (κ2) is 43.0. The number of ether oxygens (including phenoxy) is 4. The van der Waals surface area contributed by atoms with E-state index >= 15 is 0 Å². The van der Waals surface area contributed by atoms with Crippen molar-refractivity contribution in [3.8, 4) is 0 Å². The van der Waals surface area contributed by atoms with E-state index in [1.54, 1.807) is 6.08 Å². The van der Waals surface area contributed by atoms with E-state index in [0.717, 1.165) is 44.9 Å². The summed E-state index contributed by atoms with van der Waals surface area (Å²) in [6.07, 6.45) is 32.2. The minimum Gasteiger partial charge on any atom is -0.394 e. The molecule has 0 bridgehead atoms. The second-order valence-corrected chi connectivity index (χ2v) is 20.8. The van der Waals surface area contributed by atoms with Crippen molar-refractivity contribution in [2.45, 2.75) is 319 Å². The average molecular weight is 1000 g/mol. The van der Waals surface area contributed by atoms with Crippen molar-refractivity contribution in [3.05, 3.63) is 12.2 Å². The Labute approximate surface area is 425 Å². The molecule has 12 unspecified atom stereocenters. The Hall–Kier alpha value is -1.27. The summed E-state index contributed by atoms with van der Waals surface area (Å²) < 4.78 is 22.6. The molecule has 14 nitrogen and oxygen atoms in total. The Balaban J connectivity index is 1.54. The van der Waals surface area contributed by atoms with Crippen LogP contribution in [0.25, 0.3) is 0 Å². The number of unbranched alkanes of at least 4 members (excludes halogenated alkanes) is 33. The molecule has 1 amide bonds. The van der Waals surface area contributed by atoms with Gasteiger partial charge in [0, 0.05) is 6.42 Å². The highest BCUT2D eigenvalue weighted by Crippen LogP contribution is 2.30. The SMILES string of the molecule is CCCCC/C=C/C(O)C(COC1OC(CO)C(OC2OC(CO)C(O)C(O)C2O)C(O)C1O)NC(=O)CCCCCCCCCCCCCCCCCCCCCCCCCCCCCCCCC. The van der Waals surface area contributed by atoms with Crippen molar-refractivity contribution < 1.29 is 64.6 Å². The molecule has 2 aliphatic heterocycles. The molecule has 0 radical (unpaired) electrons. The van der Waals surface area contributed by atoms with Gasteiger partial charge in [-0.1, -0.05) is 231 Å². The van der Waals surface area contributed by atoms with Gasteiger partial charge in [-0.05, 0) is 19.3 Å². The smallest absolute Gasteiger partial charge is 0.220 e. The summed E-state index contributed by atoms with van der Waals surface area (Å²) in [6.45, 7) is 2.69. The maximum Gasteiger partial charge on any atom is 0.220 e. The number of hydrogen-bond donors (Lipinski definition) is 9. The monoisotopic (exact) mass is 1000 g/mol. The molecule has 70 heavy (non-hydrogen) atoms.